The molecule has 0 N–H and O–H groups in total. The second-order valence-corrected chi connectivity index (χ2v) is 2.11. The Hall–Kier alpha value is -0.680. The molecule has 1 aliphatic carbocycles. The average molecular weight is 176 g/mol. The number of halogens is 6. The van der Waals surface area contributed by atoms with Crippen molar-refractivity contribution in [1.29, 1.82) is 0 Å². The monoisotopic (exact) mass is 176 g/mol. The first-order valence-electron chi connectivity index (χ1n) is 2.57. The van der Waals surface area contributed by atoms with Gasteiger partial charge in [-0.3, -0.25) is 0 Å². The lowest BCUT2D eigenvalue weighted by Crippen LogP contribution is -2.42. The van der Waals surface area contributed by atoms with Gasteiger partial charge in [0, 0.05) is 0 Å². The van der Waals surface area contributed by atoms with Crippen molar-refractivity contribution in [2.75, 3.05) is 0 Å². The number of hydrogen-bond acceptors (Lipinski definition) is 0. The van der Waals surface area contributed by atoms with Crippen LogP contribution >= 0.6 is 0 Å². The zero-order chi connectivity index (χ0) is 8.86. The van der Waals surface area contributed by atoms with Crippen molar-refractivity contribution in [3.05, 3.63) is 11.9 Å². The predicted octanol–water partition coefficient (Wildman–Crippen LogP) is 2.46. The van der Waals surface area contributed by atoms with Crippen LogP contribution in [0.2, 0.25) is 0 Å². The Morgan fingerprint density at radius 2 is 1.64 bits per heavy atom. The molecule has 0 fully saturated rings. The Kier molecular flexibility index (Phi) is 1.47. The first-order valence-corrected chi connectivity index (χ1v) is 2.57. The molecule has 0 aromatic heterocycles. The highest BCUT2D eigenvalue weighted by molar-refractivity contribution is 5.24. The van der Waals surface area contributed by atoms with Crippen LogP contribution in [0, 0.1) is 0 Å². The van der Waals surface area contributed by atoms with Crippen LogP contribution in [-0.2, 0) is 0 Å². The van der Waals surface area contributed by atoms with Crippen molar-refractivity contribution < 1.29 is 26.3 Å². The summed E-state index contributed by atoms with van der Waals surface area (Å²) >= 11 is 0. The minimum absolute atomic E-state index is 0.417. The largest absolute Gasteiger partial charge is 0.363 e. The third kappa shape index (κ3) is 0.844. The highest BCUT2D eigenvalue weighted by Gasteiger charge is 2.68. The molecule has 0 aromatic carbocycles. The van der Waals surface area contributed by atoms with Crippen molar-refractivity contribution in [1.82, 2.24) is 0 Å². The molecular formula is C5H2F6. The molecule has 1 aliphatic rings. The smallest absolute Gasteiger partial charge is 0.236 e. The lowest BCUT2D eigenvalue weighted by Gasteiger charge is -2.19. The molecule has 0 unspecified atom stereocenters. The van der Waals surface area contributed by atoms with Gasteiger partial charge in [-0.1, -0.05) is 0 Å². The Bertz CT molecular complexity index is 205. The minimum atomic E-state index is -4.99. The van der Waals surface area contributed by atoms with Crippen LogP contribution < -0.4 is 0 Å². The first-order chi connectivity index (χ1) is 4.80. The molecule has 0 aliphatic heterocycles. The van der Waals surface area contributed by atoms with Gasteiger partial charge in [-0.2, -0.15) is 17.6 Å². The maximum absolute atomic E-state index is 11.9. The summed E-state index contributed by atoms with van der Waals surface area (Å²) < 4.78 is 71.5. The van der Waals surface area contributed by atoms with Gasteiger partial charge >= 0.3 is 11.8 Å². The van der Waals surface area contributed by atoms with E-state index in [9.17, 15) is 26.3 Å². The van der Waals surface area contributed by atoms with E-state index in [4.69, 9.17) is 0 Å². The van der Waals surface area contributed by atoms with E-state index < -0.39 is 29.9 Å². The second-order valence-electron chi connectivity index (χ2n) is 2.11. The summed E-state index contributed by atoms with van der Waals surface area (Å²) in [4.78, 5) is 0. The highest BCUT2D eigenvalue weighted by Crippen LogP contribution is 2.49. The lowest BCUT2D eigenvalue weighted by atomic mass is 10.2. The lowest BCUT2D eigenvalue weighted by molar-refractivity contribution is -0.203. The first kappa shape index (κ1) is 8.42. The van der Waals surface area contributed by atoms with Crippen molar-refractivity contribution in [3.8, 4) is 0 Å². The third-order valence-electron chi connectivity index (χ3n) is 1.36. The second kappa shape index (κ2) is 1.92. The Morgan fingerprint density at radius 3 is 1.73 bits per heavy atom. The Morgan fingerprint density at radius 1 is 1.18 bits per heavy atom. The number of hydrogen-bond donors (Lipinski definition) is 0. The van der Waals surface area contributed by atoms with Crippen LogP contribution in [0.3, 0.4) is 0 Å². The third-order valence-corrected chi connectivity index (χ3v) is 1.36. The molecule has 6 heteroatoms. The zero-order valence-electron chi connectivity index (χ0n) is 4.92. The summed E-state index contributed by atoms with van der Waals surface area (Å²) in [5.74, 6) is -12.3. The molecule has 0 radical (unpaired) electrons. The fraction of sp³-hybridized carbons (Fsp3) is 0.600. The van der Waals surface area contributed by atoms with E-state index in [-0.39, 0.29) is 0 Å². The van der Waals surface area contributed by atoms with E-state index in [1.807, 2.05) is 0 Å². The molecular weight excluding hydrogens is 174 g/mol. The molecule has 0 saturated carbocycles. The maximum atomic E-state index is 11.9. The highest BCUT2D eigenvalue weighted by atomic mass is 19.3. The Balaban J connectivity index is 3.07. The quantitative estimate of drug-likeness (QED) is 0.497. The van der Waals surface area contributed by atoms with Gasteiger partial charge in [0.15, 0.2) is 12.0 Å². The molecule has 0 heterocycles. The normalized spacial score (nSPS) is 33.6. The standard InChI is InChI=1S/C5H2F6/c6-2-1-3(7)5(10,11)4(2,8)9/h1-2H/t2-/m1/s1. The van der Waals surface area contributed by atoms with E-state index in [0.29, 0.717) is 0 Å². The summed E-state index contributed by atoms with van der Waals surface area (Å²) in [6, 6.07) is 0. The average Bonchev–Trinajstić information content (AvgIpc) is 1.95. The molecule has 1 rings (SSSR count). The summed E-state index contributed by atoms with van der Waals surface area (Å²) in [6.07, 6.45) is -3.66. The predicted molar refractivity (Wildman–Crippen MR) is 24.0 cm³/mol. The summed E-state index contributed by atoms with van der Waals surface area (Å²) in [5.41, 5.74) is 0. The van der Waals surface area contributed by atoms with E-state index in [1.54, 1.807) is 0 Å². The summed E-state index contributed by atoms with van der Waals surface area (Å²) in [5, 5.41) is 0. The van der Waals surface area contributed by atoms with Gasteiger partial charge in [0.1, 0.15) is 0 Å². The summed E-state index contributed by atoms with van der Waals surface area (Å²) in [7, 11) is 0. The topological polar surface area (TPSA) is 0 Å². The van der Waals surface area contributed by atoms with Crippen LogP contribution in [0.25, 0.3) is 0 Å². The van der Waals surface area contributed by atoms with Crippen LogP contribution in [-0.4, -0.2) is 18.0 Å². The molecule has 0 aromatic rings. The molecule has 0 saturated heterocycles. The van der Waals surface area contributed by atoms with Gasteiger partial charge in [0.25, 0.3) is 0 Å². The van der Waals surface area contributed by atoms with Gasteiger partial charge in [0.2, 0.25) is 0 Å². The van der Waals surface area contributed by atoms with Crippen molar-refractivity contribution >= 4 is 0 Å². The molecule has 64 valence electrons. The van der Waals surface area contributed by atoms with Gasteiger partial charge in [-0.15, -0.1) is 0 Å². The molecule has 1 atom stereocenters. The molecule has 0 amide bonds. The van der Waals surface area contributed by atoms with E-state index in [2.05, 4.69) is 0 Å². The van der Waals surface area contributed by atoms with Crippen LogP contribution in [0.1, 0.15) is 0 Å². The van der Waals surface area contributed by atoms with Gasteiger partial charge in [-0.25, -0.2) is 8.78 Å². The zero-order valence-corrected chi connectivity index (χ0v) is 4.92. The van der Waals surface area contributed by atoms with Crippen LogP contribution in [0.15, 0.2) is 11.9 Å². The SMILES string of the molecule is FC1=C[C@@H](F)C(F)(F)C1(F)F. The minimum Gasteiger partial charge on any atom is -0.236 e. The molecule has 0 bridgehead atoms. The maximum Gasteiger partial charge on any atom is 0.363 e. The molecule has 0 spiro atoms. The molecule has 11 heavy (non-hydrogen) atoms. The Labute approximate surface area is 57.5 Å². The van der Waals surface area contributed by atoms with E-state index in [0.717, 1.165) is 0 Å². The molecule has 0 nitrogen and oxygen atoms in total. The van der Waals surface area contributed by atoms with Crippen molar-refractivity contribution in [2.24, 2.45) is 0 Å². The number of allylic oxidation sites excluding steroid dienone is 2. The van der Waals surface area contributed by atoms with Crippen molar-refractivity contribution in [2.45, 2.75) is 18.0 Å². The number of rotatable bonds is 0. The fourth-order valence-electron chi connectivity index (χ4n) is 0.670. The summed E-state index contributed by atoms with van der Waals surface area (Å²) in [6.45, 7) is 0. The van der Waals surface area contributed by atoms with Crippen LogP contribution in [0.4, 0.5) is 26.3 Å². The fourth-order valence-corrected chi connectivity index (χ4v) is 0.670. The van der Waals surface area contributed by atoms with Gasteiger partial charge in [-0.05, 0) is 6.08 Å². The number of alkyl halides is 5. The van der Waals surface area contributed by atoms with Crippen molar-refractivity contribution in [3.63, 3.8) is 0 Å². The van der Waals surface area contributed by atoms with E-state index >= 15 is 0 Å². The van der Waals surface area contributed by atoms with Gasteiger partial charge < -0.3 is 0 Å². The van der Waals surface area contributed by atoms with Crippen LogP contribution in [0.5, 0.6) is 0 Å². The van der Waals surface area contributed by atoms with E-state index in [1.165, 1.54) is 0 Å². The van der Waals surface area contributed by atoms with Gasteiger partial charge in [0.05, 0.1) is 0 Å².